The monoisotopic (exact) mass is 301 g/mol. The van der Waals surface area contributed by atoms with E-state index >= 15 is 0 Å². The van der Waals surface area contributed by atoms with Crippen LogP contribution in [0.5, 0.6) is 0 Å². The number of nitrogens with zero attached hydrogens (tertiary/aromatic N) is 2. The van der Waals surface area contributed by atoms with Gasteiger partial charge < -0.3 is 10.2 Å². The Balaban J connectivity index is 1.63. The molecule has 1 saturated carbocycles. The Hall–Kier alpha value is -1.39. The van der Waals surface area contributed by atoms with E-state index in [-0.39, 0.29) is 0 Å². The Morgan fingerprint density at radius 2 is 1.90 bits per heavy atom. The van der Waals surface area contributed by atoms with Crippen molar-refractivity contribution in [1.82, 2.24) is 10.3 Å². The molecule has 1 heterocycles. The molecule has 0 saturated heterocycles. The van der Waals surface area contributed by atoms with Crippen LogP contribution < -0.4 is 10.2 Å². The third kappa shape index (κ3) is 3.63. The van der Waals surface area contributed by atoms with Crippen LogP contribution in [0.4, 0.5) is 5.69 Å². The number of benzene rings is 1. The lowest BCUT2D eigenvalue weighted by molar-refractivity contribution is 0.523. The fourth-order valence-electron chi connectivity index (χ4n) is 2.81. The first kappa shape index (κ1) is 14.5. The zero-order chi connectivity index (χ0) is 14.7. The number of anilines is 1. The van der Waals surface area contributed by atoms with Crippen molar-refractivity contribution in [3.8, 4) is 10.4 Å². The van der Waals surface area contributed by atoms with Gasteiger partial charge in [-0.3, -0.25) is 0 Å². The van der Waals surface area contributed by atoms with E-state index in [4.69, 9.17) is 0 Å². The summed E-state index contributed by atoms with van der Waals surface area (Å²) in [5, 5.41) is 4.82. The van der Waals surface area contributed by atoms with Crippen molar-refractivity contribution in [3.05, 3.63) is 35.5 Å². The van der Waals surface area contributed by atoms with Crippen molar-refractivity contribution in [2.24, 2.45) is 0 Å². The summed E-state index contributed by atoms with van der Waals surface area (Å²) in [5.74, 6) is 0. The fourth-order valence-corrected chi connectivity index (χ4v) is 3.68. The van der Waals surface area contributed by atoms with Crippen LogP contribution in [0.3, 0.4) is 0 Å². The van der Waals surface area contributed by atoms with Gasteiger partial charge >= 0.3 is 0 Å². The highest BCUT2D eigenvalue weighted by Crippen LogP contribution is 2.28. The first-order valence-electron chi connectivity index (χ1n) is 7.68. The Labute approximate surface area is 131 Å². The van der Waals surface area contributed by atoms with Crippen LogP contribution in [0.1, 0.15) is 30.7 Å². The molecule has 0 amide bonds. The van der Waals surface area contributed by atoms with Gasteiger partial charge in [0.15, 0.2) is 0 Å². The molecular formula is C17H23N3S. The molecule has 1 aromatic heterocycles. The van der Waals surface area contributed by atoms with Gasteiger partial charge in [0.05, 0.1) is 4.88 Å². The average Bonchev–Trinajstić information content (AvgIpc) is 3.17. The van der Waals surface area contributed by atoms with Gasteiger partial charge in [-0.2, -0.15) is 0 Å². The predicted octanol–water partition coefficient (Wildman–Crippen LogP) is 3.91. The first-order chi connectivity index (χ1) is 10.2. The summed E-state index contributed by atoms with van der Waals surface area (Å²) in [6.45, 7) is 0.908. The zero-order valence-electron chi connectivity index (χ0n) is 12.8. The summed E-state index contributed by atoms with van der Waals surface area (Å²) in [6, 6.07) is 9.38. The van der Waals surface area contributed by atoms with Crippen molar-refractivity contribution >= 4 is 17.0 Å². The molecule has 1 aliphatic rings. The van der Waals surface area contributed by atoms with Gasteiger partial charge in [-0.25, -0.2) is 4.98 Å². The van der Waals surface area contributed by atoms with Crippen LogP contribution >= 0.6 is 11.3 Å². The van der Waals surface area contributed by atoms with Crippen molar-refractivity contribution in [2.45, 2.75) is 38.3 Å². The van der Waals surface area contributed by atoms with E-state index in [1.54, 1.807) is 11.3 Å². The molecule has 1 N–H and O–H groups in total. The van der Waals surface area contributed by atoms with E-state index < -0.39 is 0 Å². The van der Waals surface area contributed by atoms with Crippen LogP contribution in [0, 0.1) is 0 Å². The van der Waals surface area contributed by atoms with Crippen molar-refractivity contribution in [3.63, 3.8) is 0 Å². The lowest BCUT2D eigenvalue weighted by atomic mass is 10.2. The average molecular weight is 301 g/mol. The highest BCUT2D eigenvalue weighted by atomic mass is 32.1. The number of aromatic nitrogens is 1. The summed E-state index contributed by atoms with van der Waals surface area (Å²) < 4.78 is 0. The molecule has 112 valence electrons. The van der Waals surface area contributed by atoms with Crippen LogP contribution in [0.2, 0.25) is 0 Å². The molecule has 0 radical (unpaired) electrons. The standard InChI is InChI=1S/C17H23N3S/c1-20(2)15-9-7-13(8-10-15)16-11-19-17(21-16)12-18-14-5-3-4-6-14/h7-11,14,18H,3-6,12H2,1-2H3. The third-order valence-corrected chi connectivity index (χ3v) is 5.17. The minimum atomic E-state index is 0.705. The first-order valence-corrected chi connectivity index (χ1v) is 8.50. The molecule has 21 heavy (non-hydrogen) atoms. The van der Waals surface area contributed by atoms with Gasteiger partial charge in [0, 0.05) is 38.6 Å². The molecule has 4 heteroatoms. The maximum absolute atomic E-state index is 4.56. The Morgan fingerprint density at radius 3 is 2.57 bits per heavy atom. The van der Waals surface area contributed by atoms with Crippen LogP contribution in [-0.2, 0) is 6.54 Å². The van der Waals surface area contributed by atoms with E-state index in [1.165, 1.54) is 46.8 Å². The molecule has 3 nitrogen and oxygen atoms in total. The van der Waals surface area contributed by atoms with Gasteiger partial charge in [-0.05, 0) is 30.5 Å². The molecule has 3 rings (SSSR count). The largest absolute Gasteiger partial charge is 0.378 e. The van der Waals surface area contributed by atoms with E-state index in [9.17, 15) is 0 Å². The van der Waals surface area contributed by atoms with Crippen molar-refractivity contribution < 1.29 is 0 Å². The molecule has 0 aliphatic heterocycles. The molecule has 2 aromatic rings. The number of nitrogens with one attached hydrogen (secondary N) is 1. The van der Waals surface area contributed by atoms with Crippen molar-refractivity contribution in [2.75, 3.05) is 19.0 Å². The molecule has 0 unspecified atom stereocenters. The second-order valence-electron chi connectivity index (χ2n) is 5.92. The SMILES string of the molecule is CN(C)c1ccc(-c2cnc(CNC3CCCC3)s2)cc1. The van der Waals surface area contributed by atoms with E-state index in [0.717, 1.165) is 6.54 Å². The lowest BCUT2D eigenvalue weighted by Gasteiger charge is -2.12. The predicted molar refractivity (Wildman–Crippen MR) is 91.0 cm³/mol. The molecular weight excluding hydrogens is 278 g/mol. The number of rotatable bonds is 5. The molecule has 0 bridgehead atoms. The van der Waals surface area contributed by atoms with Gasteiger partial charge in [0.2, 0.25) is 0 Å². The van der Waals surface area contributed by atoms with Gasteiger partial charge in [-0.1, -0.05) is 25.0 Å². The summed E-state index contributed by atoms with van der Waals surface area (Å²) >= 11 is 1.80. The highest BCUT2D eigenvalue weighted by Gasteiger charge is 2.14. The number of hydrogen-bond donors (Lipinski definition) is 1. The van der Waals surface area contributed by atoms with E-state index in [1.807, 2.05) is 6.20 Å². The maximum atomic E-state index is 4.56. The molecule has 0 spiro atoms. The van der Waals surface area contributed by atoms with Crippen LogP contribution in [-0.4, -0.2) is 25.1 Å². The van der Waals surface area contributed by atoms with Crippen LogP contribution in [0.15, 0.2) is 30.5 Å². The Bertz CT molecular complexity index is 568. The van der Waals surface area contributed by atoms with E-state index in [0.29, 0.717) is 6.04 Å². The quantitative estimate of drug-likeness (QED) is 0.907. The molecule has 1 aliphatic carbocycles. The van der Waals surface area contributed by atoms with Crippen LogP contribution in [0.25, 0.3) is 10.4 Å². The summed E-state index contributed by atoms with van der Waals surface area (Å²) in [4.78, 5) is 7.93. The minimum Gasteiger partial charge on any atom is -0.378 e. The highest BCUT2D eigenvalue weighted by molar-refractivity contribution is 7.15. The van der Waals surface area contributed by atoms with Gasteiger partial charge in [0.1, 0.15) is 5.01 Å². The Kier molecular flexibility index (Phi) is 4.56. The number of hydrogen-bond acceptors (Lipinski definition) is 4. The third-order valence-electron chi connectivity index (χ3n) is 4.12. The molecule has 0 atom stereocenters. The molecule has 1 fully saturated rings. The summed E-state index contributed by atoms with van der Waals surface area (Å²) in [5.41, 5.74) is 2.48. The normalized spacial score (nSPS) is 15.5. The molecule has 1 aromatic carbocycles. The lowest BCUT2D eigenvalue weighted by Crippen LogP contribution is -2.25. The fraction of sp³-hybridized carbons (Fsp3) is 0.471. The smallest absolute Gasteiger partial charge is 0.107 e. The Morgan fingerprint density at radius 1 is 1.19 bits per heavy atom. The summed E-state index contributed by atoms with van der Waals surface area (Å²) in [6.07, 6.45) is 7.40. The second-order valence-corrected chi connectivity index (χ2v) is 7.04. The van der Waals surface area contributed by atoms with E-state index in [2.05, 4.69) is 53.6 Å². The maximum Gasteiger partial charge on any atom is 0.107 e. The minimum absolute atomic E-state index is 0.705. The topological polar surface area (TPSA) is 28.2 Å². The van der Waals surface area contributed by atoms with Gasteiger partial charge in [-0.15, -0.1) is 11.3 Å². The zero-order valence-corrected chi connectivity index (χ0v) is 13.6. The second kappa shape index (κ2) is 6.58. The van der Waals surface area contributed by atoms with Crippen molar-refractivity contribution in [1.29, 1.82) is 0 Å². The van der Waals surface area contributed by atoms with Gasteiger partial charge in [0.25, 0.3) is 0 Å². The number of thiazole rings is 1. The summed E-state index contributed by atoms with van der Waals surface area (Å²) in [7, 11) is 4.13.